The summed E-state index contributed by atoms with van der Waals surface area (Å²) in [6, 6.07) is 17.0. The van der Waals surface area contributed by atoms with Crippen molar-refractivity contribution in [3.8, 4) is 17.2 Å². The van der Waals surface area contributed by atoms with Gasteiger partial charge in [0.05, 0.1) is 30.3 Å². The fourth-order valence-corrected chi connectivity index (χ4v) is 3.36. The molecule has 0 bridgehead atoms. The van der Waals surface area contributed by atoms with E-state index in [1.807, 2.05) is 50.2 Å². The highest BCUT2D eigenvalue weighted by atomic mass is 16.5. The largest absolute Gasteiger partial charge is 0.493 e. The maximum atomic E-state index is 12.9. The van der Waals surface area contributed by atoms with E-state index in [0.29, 0.717) is 29.4 Å². The number of aromatic nitrogens is 3. The summed E-state index contributed by atoms with van der Waals surface area (Å²) in [6.07, 6.45) is 5.03. The maximum Gasteiger partial charge on any atom is 0.259 e. The first-order chi connectivity index (χ1) is 15.5. The second-order valence-electron chi connectivity index (χ2n) is 7.36. The number of aryl methyl sites for hydroxylation is 1. The van der Waals surface area contributed by atoms with Gasteiger partial charge >= 0.3 is 0 Å². The molecule has 0 saturated carbocycles. The normalized spacial score (nSPS) is 10.6. The van der Waals surface area contributed by atoms with Crippen LogP contribution in [0, 0.1) is 13.8 Å². The molecule has 4 rings (SSSR count). The molecule has 0 saturated heterocycles. The van der Waals surface area contributed by atoms with Crippen LogP contribution in [0.2, 0.25) is 0 Å². The molecule has 2 aromatic carbocycles. The van der Waals surface area contributed by atoms with Crippen LogP contribution in [-0.2, 0) is 6.61 Å². The molecule has 7 heteroatoms. The molecule has 2 aromatic heterocycles. The SMILES string of the molecule is COc1ccc(NC(=O)c2cnn(-c3cccc(C)c3)c2C)cc1OCc1cccnc1. The molecule has 0 spiro atoms. The number of nitrogens with one attached hydrogen (secondary N) is 1. The highest BCUT2D eigenvalue weighted by molar-refractivity contribution is 6.05. The van der Waals surface area contributed by atoms with E-state index in [1.54, 1.807) is 48.6 Å². The number of anilines is 1. The van der Waals surface area contributed by atoms with Gasteiger partial charge in [-0.25, -0.2) is 4.68 Å². The van der Waals surface area contributed by atoms with Gasteiger partial charge < -0.3 is 14.8 Å². The molecule has 32 heavy (non-hydrogen) atoms. The van der Waals surface area contributed by atoms with Crippen molar-refractivity contribution in [1.29, 1.82) is 0 Å². The quantitative estimate of drug-likeness (QED) is 0.461. The van der Waals surface area contributed by atoms with E-state index in [1.165, 1.54) is 0 Å². The van der Waals surface area contributed by atoms with Crippen molar-refractivity contribution in [3.05, 3.63) is 95.6 Å². The van der Waals surface area contributed by atoms with E-state index in [2.05, 4.69) is 15.4 Å². The number of rotatable bonds is 7. The summed E-state index contributed by atoms with van der Waals surface area (Å²) < 4.78 is 13.1. The Balaban J connectivity index is 1.52. The van der Waals surface area contributed by atoms with Crippen molar-refractivity contribution >= 4 is 11.6 Å². The van der Waals surface area contributed by atoms with Gasteiger partial charge in [-0.15, -0.1) is 0 Å². The average molecular weight is 428 g/mol. The van der Waals surface area contributed by atoms with E-state index in [0.717, 1.165) is 22.5 Å². The van der Waals surface area contributed by atoms with Gasteiger partial charge in [-0.2, -0.15) is 5.10 Å². The number of ether oxygens (including phenoxy) is 2. The van der Waals surface area contributed by atoms with Crippen molar-refractivity contribution < 1.29 is 14.3 Å². The first-order valence-corrected chi connectivity index (χ1v) is 10.2. The first-order valence-electron chi connectivity index (χ1n) is 10.2. The zero-order valence-electron chi connectivity index (χ0n) is 18.2. The number of benzene rings is 2. The standard InChI is InChI=1S/C25H24N4O3/c1-17-6-4-8-21(12-17)29-18(2)22(15-27-29)25(30)28-20-9-10-23(31-3)24(13-20)32-16-19-7-5-11-26-14-19/h4-15H,16H2,1-3H3,(H,28,30). The molecule has 7 nitrogen and oxygen atoms in total. The lowest BCUT2D eigenvalue weighted by Crippen LogP contribution is -2.13. The van der Waals surface area contributed by atoms with Crippen molar-refractivity contribution in [2.45, 2.75) is 20.5 Å². The summed E-state index contributed by atoms with van der Waals surface area (Å²) in [5, 5.41) is 7.33. The molecule has 0 aliphatic heterocycles. The molecule has 0 fully saturated rings. The van der Waals surface area contributed by atoms with E-state index >= 15 is 0 Å². The Hall–Kier alpha value is -4.13. The fourth-order valence-electron chi connectivity index (χ4n) is 3.36. The van der Waals surface area contributed by atoms with E-state index in [9.17, 15) is 4.79 Å². The molecule has 2 heterocycles. The van der Waals surface area contributed by atoms with Gasteiger partial charge in [0.15, 0.2) is 11.5 Å². The maximum absolute atomic E-state index is 12.9. The molecule has 0 aliphatic carbocycles. The predicted molar refractivity (Wildman–Crippen MR) is 123 cm³/mol. The van der Waals surface area contributed by atoms with E-state index in [4.69, 9.17) is 9.47 Å². The number of amides is 1. The van der Waals surface area contributed by atoms with Crippen molar-refractivity contribution in [2.24, 2.45) is 0 Å². The molecule has 0 atom stereocenters. The molecular weight excluding hydrogens is 404 g/mol. The Kier molecular flexibility index (Phi) is 6.17. The average Bonchev–Trinajstić information content (AvgIpc) is 3.20. The first kappa shape index (κ1) is 21.1. The van der Waals surface area contributed by atoms with Gasteiger partial charge in [-0.05, 0) is 49.7 Å². The monoisotopic (exact) mass is 428 g/mol. The fraction of sp³-hybridized carbons (Fsp3) is 0.160. The summed E-state index contributed by atoms with van der Waals surface area (Å²) in [5.41, 5.74) is 4.83. The predicted octanol–water partition coefficient (Wildman–Crippen LogP) is 4.72. The van der Waals surface area contributed by atoms with Gasteiger partial charge in [0, 0.05) is 29.7 Å². The third-order valence-corrected chi connectivity index (χ3v) is 5.04. The lowest BCUT2D eigenvalue weighted by atomic mass is 10.2. The van der Waals surface area contributed by atoms with Crippen LogP contribution in [0.4, 0.5) is 5.69 Å². The summed E-state index contributed by atoms with van der Waals surface area (Å²) >= 11 is 0. The Morgan fingerprint density at radius 2 is 1.91 bits per heavy atom. The topological polar surface area (TPSA) is 78.3 Å². The van der Waals surface area contributed by atoms with Crippen molar-refractivity contribution in [3.63, 3.8) is 0 Å². The van der Waals surface area contributed by atoms with Crippen molar-refractivity contribution in [1.82, 2.24) is 14.8 Å². The molecule has 162 valence electrons. The minimum atomic E-state index is -0.246. The lowest BCUT2D eigenvalue weighted by molar-refractivity contribution is 0.102. The number of methoxy groups -OCH3 is 1. The number of nitrogens with zero attached hydrogens (tertiary/aromatic N) is 3. The number of hydrogen-bond donors (Lipinski definition) is 1. The van der Waals surface area contributed by atoms with Gasteiger partial charge in [-0.1, -0.05) is 18.2 Å². The molecule has 1 N–H and O–H groups in total. The molecule has 1 amide bonds. The molecule has 4 aromatic rings. The third kappa shape index (κ3) is 4.62. The van der Waals surface area contributed by atoms with Crippen LogP contribution < -0.4 is 14.8 Å². The van der Waals surface area contributed by atoms with Gasteiger partial charge in [0.2, 0.25) is 0 Å². The summed E-state index contributed by atoms with van der Waals surface area (Å²) in [6.45, 7) is 4.23. The summed E-state index contributed by atoms with van der Waals surface area (Å²) in [5.74, 6) is 0.862. The van der Waals surface area contributed by atoms with Crippen LogP contribution in [0.1, 0.15) is 27.2 Å². The third-order valence-electron chi connectivity index (χ3n) is 5.04. The highest BCUT2D eigenvalue weighted by Gasteiger charge is 2.16. The van der Waals surface area contributed by atoms with E-state index < -0.39 is 0 Å². The smallest absolute Gasteiger partial charge is 0.259 e. The minimum absolute atomic E-state index is 0.246. The second kappa shape index (κ2) is 9.34. The van der Waals surface area contributed by atoms with Crippen molar-refractivity contribution in [2.75, 3.05) is 12.4 Å². The van der Waals surface area contributed by atoms with Crippen LogP contribution in [0.15, 0.2) is 73.2 Å². The number of carbonyl (C=O) groups excluding carboxylic acids is 1. The van der Waals surface area contributed by atoms with Crippen LogP contribution in [0.3, 0.4) is 0 Å². The number of pyridine rings is 1. The number of hydrogen-bond acceptors (Lipinski definition) is 5. The zero-order chi connectivity index (χ0) is 22.5. The highest BCUT2D eigenvalue weighted by Crippen LogP contribution is 2.31. The zero-order valence-corrected chi connectivity index (χ0v) is 18.2. The lowest BCUT2D eigenvalue weighted by Gasteiger charge is -2.13. The molecule has 0 radical (unpaired) electrons. The molecular formula is C25H24N4O3. The van der Waals surface area contributed by atoms with Gasteiger partial charge in [-0.3, -0.25) is 9.78 Å². The van der Waals surface area contributed by atoms with Crippen LogP contribution in [0.5, 0.6) is 11.5 Å². The second-order valence-corrected chi connectivity index (χ2v) is 7.36. The summed E-state index contributed by atoms with van der Waals surface area (Å²) in [4.78, 5) is 17.0. The van der Waals surface area contributed by atoms with Gasteiger partial charge in [0.25, 0.3) is 5.91 Å². The van der Waals surface area contributed by atoms with Crippen LogP contribution in [0.25, 0.3) is 5.69 Å². The molecule has 0 unspecified atom stereocenters. The van der Waals surface area contributed by atoms with Crippen LogP contribution >= 0.6 is 0 Å². The minimum Gasteiger partial charge on any atom is -0.493 e. The summed E-state index contributed by atoms with van der Waals surface area (Å²) in [7, 11) is 1.58. The Bertz CT molecular complexity index is 1240. The Morgan fingerprint density at radius 3 is 2.66 bits per heavy atom. The Morgan fingerprint density at radius 1 is 1.03 bits per heavy atom. The van der Waals surface area contributed by atoms with E-state index in [-0.39, 0.29) is 5.91 Å². The number of carbonyl (C=O) groups is 1. The van der Waals surface area contributed by atoms with Gasteiger partial charge in [0.1, 0.15) is 6.61 Å². The molecule has 0 aliphatic rings. The Labute approximate surface area is 186 Å². The van der Waals surface area contributed by atoms with Crippen LogP contribution in [-0.4, -0.2) is 27.8 Å².